The van der Waals surface area contributed by atoms with Crippen LogP contribution in [0.4, 0.5) is 0 Å². The number of aromatic nitrogens is 2. The standard InChI is InChI=1S/C16H21N3S/c1-2-8-19-9-7-18-16(19)10-14(17)13-11-20-15-6-4-3-5-12(13)15/h3-7,9,13-14H,2,8,10-11,17H2,1H3. The molecule has 106 valence electrons. The highest BCUT2D eigenvalue weighted by atomic mass is 32.2. The Morgan fingerprint density at radius 1 is 1.45 bits per heavy atom. The van der Waals surface area contributed by atoms with Gasteiger partial charge in [0.1, 0.15) is 5.82 Å². The van der Waals surface area contributed by atoms with Gasteiger partial charge in [-0.15, -0.1) is 11.8 Å². The monoisotopic (exact) mass is 287 g/mol. The van der Waals surface area contributed by atoms with Crippen LogP contribution in [-0.4, -0.2) is 21.3 Å². The third-order valence-electron chi connectivity index (χ3n) is 3.94. The van der Waals surface area contributed by atoms with Crippen molar-refractivity contribution in [3.8, 4) is 0 Å². The SMILES string of the molecule is CCCn1ccnc1CC(N)C1CSc2ccccc21. The molecule has 1 aliphatic heterocycles. The Balaban J connectivity index is 1.74. The van der Waals surface area contributed by atoms with E-state index in [0.29, 0.717) is 5.92 Å². The summed E-state index contributed by atoms with van der Waals surface area (Å²) in [5.74, 6) is 2.66. The predicted molar refractivity (Wildman–Crippen MR) is 84.1 cm³/mol. The Labute approximate surface area is 124 Å². The number of hydrogen-bond acceptors (Lipinski definition) is 3. The highest BCUT2D eigenvalue weighted by molar-refractivity contribution is 7.99. The van der Waals surface area contributed by atoms with Crippen molar-refractivity contribution in [1.29, 1.82) is 0 Å². The van der Waals surface area contributed by atoms with Gasteiger partial charge < -0.3 is 10.3 Å². The molecule has 1 aromatic heterocycles. The molecule has 2 atom stereocenters. The third kappa shape index (κ3) is 2.63. The molecule has 2 unspecified atom stereocenters. The van der Waals surface area contributed by atoms with Crippen molar-refractivity contribution < 1.29 is 0 Å². The summed E-state index contributed by atoms with van der Waals surface area (Å²) in [6, 6.07) is 8.78. The Morgan fingerprint density at radius 3 is 3.15 bits per heavy atom. The van der Waals surface area contributed by atoms with E-state index in [2.05, 4.69) is 46.9 Å². The maximum Gasteiger partial charge on any atom is 0.110 e. The van der Waals surface area contributed by atoms with E-state index in [-0.39, 0.29) is 6.04 Å². The van der Waals surface area contributed by atoms with E-state index in [4.69, 9.17) is 5.73 Å². The molecule has 0 saturated carbocycles. The van der Waals surface area contributed by atoms with Gasteiger partial charge in [-0.3, -0.25) is 0 Å². The molecule has 1 aliphatic rings. The minimum absolute atomic E-state index is 0.143. The number of nitrogens with two attached hydrogens (primary N) is 1. The Bertz CT molecular complexity index is 579. The molecule has 4 heteroatoms. The molecule has 3 nitrogen and oxygen atoms in total. The molecular formula is C16H21N3S. The first-order chi connectivity index (χ1) is 9.79. The number of benzene rings is 1. The van der Waals surface area contributed by atoms with Gasteiger partial charge in [0.05, 0.1) is 0 Å². The summed E-state index contributed by atoms with van der Waals surface area (Å²) in [5, 5.41) is 0. The number of rotatable bonds is 5. The van der Waals surface area contributed by atoms with Crippen LogP contribution in [0.15, 0.2) is 41.6 Å². The number of nitrogens with zero attached hydrogens (tertiary/aromatic N) is 2. The summed E-state index contributed by atoms with van der Waals surface area (Å²) in [6.07, 6.45) is 5.92. The van der Waals surface area contributed by atoms with Gasteiger partial charge in [-0.05, 0) is 18.1 Å². The molecule has 0 bridgehead atoms. The van der Waals surface area contributed by atoms with Gasteiger partial charge >= 0.3 is 0 Å². The molecule has 0 aliphatic carbocycles. The zero-order valence-electron chi connectivity index (χ0n) is 11.8. The Hall–Kier alpha value is -1.26. The van der Waals surface area contributed by atoms with E-state index in [1.165, 1.54) is 10.5 Å². The smallest absolute Gasteiger partial charge is 0.110 e. The van der Waals surface area contributed by atoms with Crippen LogP contribution >= 0.6 is 11.8 Å². The zero-order valence-corrected chi connectivity index (χ0v) is 12.6. The van der Waals surface area contributed by atoms with Crippen molar-refractivity contribution in [3.63, 3.8) is 0 Å². The van der Waals surface area contributed by atoms with E-state index < -0.39 is 0 Å². The number of imidazole rings is 1. The average molecular weight is 287 g/mol. The van der Waals surface area contributed by atoms with Gasteiger partial charge in [-0.25, -0.2) is 4.98 Å². The molecule has 0 saturated heterocycles. The van der Waals surface area contributed by atoms with Crippen molar-refractivity contribution in [1.82, 2.24) is 9.55 Å². The molecule has 3 rings (SSSR count). The first-order valence-electron chi connectivity index (χ1n) is 7.27. The second-order valence-electron chi connectivity index (χ2n) is 5.36. The third-order valence-corrected chi connectivity index (χ3v) is 5.15. The van der Waals surface area contributed by atoms with Crippen molar-refractivity contribution >= 4 is 11.8 Å². The lowest BCUT2D eigenvalue weighted by Gasteiger charge is -2.20. The normalized spacial score (nSPS) is 19.0. The van der Waals surface area contributed by atoms with Crippen LogP contribution < -0.4 is 5.73 Å². The van der Waals surface area contributed by atoms with E-state index in [1.54, 1.807) is 0 Å². The van der Waals surface area contributed by atoms with Crippen molar-refractivity contribution in [2.45, 2.75) is 43.2 Å². The summed E-state index contributed by atoms with van der Waals surface area (Å²) >= 11 is 1.92. The van der Waals surface area contributed by atoms with Crippen molar-refractivity contribution in [3.05, 3.63) is 48.0 Å². The van der Waals surface area contributed by atoms with Crippen LogP contribution in [-0.2, 0) is 13.0 Å². The molecule has 0 amide bonds. The Kier molecular flexibility index (Phi) is 4.13. The van der Waals surface area contributed by atoms with Gasteiger partial charge in [0.15, 0.2) is 0 Å². The summed E-state index contributed by atoms with van der Waals surface area (Å²) < 4.78 is 2.23. The number of hydrogen-bond donors (Lipinski definition) is 1. The largest absolute Gasteiger partial charge is 0.335 e. The number of aryl methyl sites for hydroxylation is 1. The fraction of sp³-hybridized carbons (Fsp3) is 0.438. The van der Waals surface area contributed by atoms with Crippen LogP contribution in [0.1, 0.15) is 30.7 Å². The molecule has 20 heavy (non-hydrogen) atoms. The highest BCUT2D eigenvalue weighted by Crippen LogP contribution is 2.40. The topological polar surface area (TPSA) is 43.8 Å². The van der Waals surface area contributed by atoms with E-state index in [0.717, 1.165) is 31.0 Å². The second-order valence-corrected chi connectivity index (χ2v) is 6.42. The lowest BCUT2D eigenvalue weighted by molar-refractivity contribution is 0.533. The van der Waals surface area contributed by atoms with Gasteiger partial charge in [0.25, 0.3) is 0 Å². The van der Waals surface area contributed by atoms with E-state index >= 15 is 0 Å². The zero-order chi connectivity index (χ0) is 13.9. The van der Waals surface area contributed by atoms with Crippen LogP contribution in [0.5, 0.6) is 0 Å². The van der Waals surface area contributed by atoms with Gasteiger partial charge in [0.2, 0.25) is 0 Å². The maximum atomic E-state index is 6.48. The maximum absolute atomic E-state index is 6.48. The molecule has 1 aromatic carbocycles. The summed E-state index contributed by atoms with van der Waals surface area (Å²) in [5.41, 5.74) is 7.90. The lowest BCUT2D eigenvalue weighted by Crippen LogP contribution is -2.32. The number of thioether (sulfide) groups is 1. The van der Waals surface area contributed by atoms with E-state index in [1.807, 2.05) is 18.0 Å². The first kappa shape index (κ1) is 13.7. The molecule has 2 heterocycles. The summed E-state index contributed by atoms with van der Waals surface area (Å²) in [6.45, 7) is 3.21. The predicted octanol–water partition coefficient (Wildman–Crippen LogP) is 3.05. The highest BCUT2D eigenvalue weighted by Gasteiger charge is 2.28. The second kappa shape index (κ2) is 6.02. The lowest BCUT2D eigenvalue weighted by atomic mass is 9.92. The summed E-state index contributed by atoms with van der Waals surface area (Å²) in [4.78, 5) is 5.87. The van der Waals surface area contributed by atoms with Crippen molar-refractivity contribution in [2.24, 2.45) is 5.73 Å². The Morgan fingerprint density at radius 2 is 2.30 bits per heavy atom. The fourth-order valence-corrected chi connectivity index (χ4v) is 4.22. The van der Waals surface area contributed by atoms with Crippen molar-refractivity contribution in [2.75, 3.05) is 5.75 Å². The number of fused-ring (bicyclic) bond motifs is 1. The minimum atomic E-state index is 0.143. The minimum Gasteiger partial charge on any atom is -0.335 e. The molecular weight excluding hydrogens is 266 g/mol. The quantitative estimate of drug-likeness (QED) is 0.919. The fourth-order valence-electron chi connectivity index (χ4n) is 2.87. The van der Waals surface area contributed by atoms with Gasteiger partial charge in [-0.1, -0.05) is 25.1 Å². The van der Waals surface area contributed by atoms with Crippen LogP contribution in [0.25, 0.3) is 0 Å². The van der Waals surface area contributed by atoms with Gasteiger partial charge in [-0.2, -0.15) is 0 Å². The molecule has 0 fully saturated rings. The first-order valence-corrected chi connectivity index (χ1v) is 8.25. The van der Waals surface area contributed by atoms with E-state index in [9.17, 15) is 0 Å². The van der Waals surface area contributed by atoms with Crippen LogP contribution in [0, 0.1) is 0 Å². The average Bonchev–Trinajstić information content (AvgIpc) is 3.06. The van der Waals surface area contributed by atoms with Crippen LogP contribution in [0.3, 0.4) is 0 Å². The molecule has 2 aromatic rings. The summed E-state index contributed by atoms with van der Waals surface area (Å²) in [7, 11) is 0. The van der Waals surface area contributed by atoms with Gasteiger partial charge in [0, 0.05) is 48.0 Å². The molecule has 0 spiro atoms. The molecule has 2 N–H and O–H groups in total. The molecule has 0 radical (unpaired) electrons. The van der Waals surface area contributed by atoms with Crippen LogP contribution in [0.2, 0.25) is 0 Å².